The number of aliphatic hydroxyl groups excluding tert-OH is 2. The van der Waals surface area contributed by atoms with Crippen molar-refractivity contribution >= 4 is 17.5 Å². The van der Waals surface area contributed by atoms with Crippen molar-refractivity contribution in [3.05, 3.63) is 23.8 Å². The molecule has 0 spiro atoms. The number of carbonyl (C=O) groups is 3. The third kappa shape index (κ3) is 7.28. The van der Waals surface area contributed by atoms with Gasteiger partial charge in [-0.25, -0.2) is 0 Å². The molecule has 0 aromatic heterocycles. The van der Waals surface area contributed by atoms with Crippen molar-refractivity contribution in [3.63, 3.8) is 0 Å². The lowest BCUT2D eigenvalue weighted by Crippen LogP contribution is -2.45. The standard InChI is InChI=1S/C22H31F3O6/c1-12-7-6-8-15(22(23,24)25)9-10-16(14(3)26)31-18(28)11-17(27)21(4,5)20(30)13(2)19(12)29/h6-7,9,12-13,16-17,19,27,29H,8,10-11H2,1-5H3/b7-6+,15-9+/t12-,13+,16-,17-,19-/m0/s1. The van der Waals surface area contributed by atoms with E-state index in [1.807, 2.05) is 0 Å². The summed E-state index contributed by atoms with van der Waals surface area (Å²) in [6.45, 7) is 6.98. The van der Waals surface area contributed by atoms with Gasteiger partial charge in [0, 0.05) is 23.8 Å². The van der Waals surface area contributed by atoms with Crippen molar-refractivity contribution in [2.24, 2.45) is 17.3 Å². The second-order valence-electron chi connectivity index (χ2n) is 8.63. The van der Waals surface area contributed by atoms with E-state index in [1.54, 1.807) is 6.92 Å². The molecule has 0 aromatic carbocycles. The predicted molar refractivity (Wildman–Crippen MR) is 107 cm³/mol. The third-order valence-electron chi connectivity index (χ3n) is 5.74. The van der Waals surface area contributed by atoms with Crippen LogP contribution in [-0.2, 0) is 19.1 Å². The van der Waals surface area contributed by atoms with E-state index in [0.29, 0.717) is 0 Å². The van der Waals surface area contributed by atoms with Crippen LogP contribution in [0.2, 0.25) is 0 Å². The molecule has 6 nitrogen and oxygen atoms in total. The molecule has 2 N–H and O–H groups in total. The highest BCUT2D eigenvalue weighted by atomic mass is 19.4. The second-order valence-corrected chi connectivity index (χ2v) is 8.63. The zero-order chi connectivity index (χ0) is 24.1. The average molecular weight is 448 g/mol. The Kier molecular flexibility index (Phi) is 9.19. The summed E-state index contributed by atoms with van der Waals surface area (Å²) < 4.78 is 45.0. The van der Waals surface area contributed by atoms with Gasteiger partial charge < -0.3 is 14.9 Å². The topological polar surface area (TPSA) is 101 Å². The van der Waals surface area contributed by atoms with Crippen LogP contribution in [0, 0.1) is 17.3 Å². The fraction of sp³-hybridized carbons (Fsp3) is 0.682. The summed E-state index contributed by atoms with van der Waals surface area (Å²) in [5.41, 5.74) is -2.33. The fourth-order valence-corrected chi connectivity index (χ4v) is 3.37. The number of halogens is 3. The van der Waals surface area contributed by atoms with Gasteiger partial charge in [-0.2, -0.15) is 13.2 Å². The van der Waals surface area contributed by atoms with Crippen LogP contribution in [0.1, 0.15) is 53.9 Å². The monoisotopic (exact) mass is 448 g/mol. The molecule has 0 radical (unpaired) electrons. The van der Waals surface area contributed by atoms with Gasteiger partial charge in [-0.15, -0.1) is 0 Å². The maximum absolute atomic E-state index is 13.3. The molecular formula is C22H31F3O6. The molecular weight excluding hydrogens is 417 g/mol. The number of Topliss-reactive ketones (excluding diaryl/α,β-unsaturated/α-hetero) is 2. The Hall–Kier alpha value is -2.00. The zero-order valence-electron chi connectivity index (χ0n) is 18.4. The minimum Gasteiger partial charge on any atom is -0.454 e. The van der Waals surface area contributed by atoms with E-state index >= 15 is 0 Å². The van der Waals surface area contributed by atoms with Gasteiger partial charge in [-0.1, -0.05) is 45.9 Å². The smallest absolute Gasteiger partial charge is 0.412 e. The summed E-state index contributed by atoms with van der Waals surface area (Å²) in [7, 11) is 0. The Morgan fingerprint density at radius 3 is 2.29 bits per heavy atom. The summed E-state index contributed by atoms with van der Waals surface area (Å²) in [6, 6.07) is 0. The van der Waals surface area contributed by atoms with E-state index in [4.69, 9.17) is 4.74 Å². The van der Waals surface area contributed by atoms with Gasteiger partial charge in [0.1, 0.15) is 5.78 Å². The number of rotatable bonds is 1. The van der Waals surface area contributed by atoms with Crippen LogP contribution in [0.5, 0.6) is 0 Å². The normalized spacial score (nSPS) is 34.4. The first-order valence-electron chi connectivity index (χ1n) is 10.1. The van der Waals surface area contributed by atoms with Crippen LogP contribution in [0.3, 0.4) is 0 Å². The number of hydrogen-bond donors (Lipinski definition) is 2. The molecule has 0 aromatic rings. The summed E-state index contributed by atoms with van der Waals surface area (Å²) in [5, 5.41) is 21.0. The Balaban J connectivity index is 3.36. The molecule has 0 amide bonds. The molecule has 1 rings (SSSR count). The number of hydrogen-bond acceptors (Lipinski definition) is 6. The van der Waals surface area contributed by atoms with Crippen molar-refractivity contribution in [2.75, 3.05) is 0 Å². The van der Waals surface area contributed by atoms with E-state index < -0.39 is 84.1 Å². The minimum atomic E-state index is -4.66. The van der Waals surface area contributed by atoms with Crippen LogP contribution in [-0.4, -0.2) is 52.2 Å². The van der Waals surface area contributed by atoms with Gasteiger partial charge in [-0.3, -0.25) is 14.4 Å². The number of allylic oxidation sites excluding steroid dienone is 2. The summed E-state index contributed by atoms with van der Waals surface area (Å²) in [4.78, 5) is 36.9. The first-order chi connectivity index (χ1) is 14.1. The Morgan fingerprint density at radius 2 is 1.77 bits per heavy atom. The summed E-state index contributed by atoms with van der Waals surface area (Å²) in [5.74, 6) is -3.74. The van der Waals surface area contributed by atoms with E-state index in [1.165, 1.54) is 32.9 Å². The van der Waals surface area contributed by atoms with Crippen molar-refractivity contribution in [3.8, 4) is 0 Å². The molecule has 176 valence electrons. The Labute approximate surface area is 180 Å². The van der Waals surface area contributed by atoms with Crippen LogP contribution < -0.4 is 0 Å². The van der Waals surface area contributed by atoms with Gasteiger partial charge in [0.05, 0.1) is 24.0 Å². The molecule has 1 aliphatic rings. The summed E-state index contributed by atoms with van der Waals surface area (Å²) >= 11 is 0. The van der Waals surface area contributed by atoms with Gasteiger partial charge in [0.15, 0.2) is 11.9 Å². The van der Waals surface area contributed by atoms with Crippen molar-refractivity contribution < 1.29 is 42.5 Å². The quantitative estimate of drug-likeness (QED) is 0.472. The molecule has 1 heterocycles. The van der Waals surface area contributed by atoms with E-state index in [9.17, 15) is 37.8 Å². The highest BCUT2D eigenvalue weighted by molar-refractivity contribution is 5.88. The van der Waals surface area contributed by atoms with E-state index in [0.717, 1.165) is 13.0 Å². The maximum atomic E-state index is 13.3. The lowest BCUT2D eigenvalue weighted by atomic mass is 9.73. The molecule has 1 aliphatic heterocycles. The molecule has 9 heteroatoms. The van der Waals surface area contributed by atoms with Gasteiger partial charge >= 0.3 is 12.1 Å². The molecule has 0 saturated carbocycles. The molecule has 0 unspecified atom stereocenters. The minimum absolute atomic E-state index is 0.475. The molecule has 5 atom stereocenters. The van der Waals surface area contributed by atoms with Crippen LogP contribution in [0.15, 0.2) is 23.8 Å². The number of carbonyl (C=O) groups excluding carboxylic acids is 3. The van der Waals surface area contributed by atoms with Gasteiger partial charge in [0.25, 0.3) is 0 Å². The number of ether oxygens (including phenoxy) is 1. The Morgan fingerprint density at radius 1 is 1.19 bits per heavy atom. The molecule has 0 aliphatic carbocycles. The fourth-order valence-electron chi connectivity index (χ4n) is 3.37. The van der Waals surface area contributed by atoms with Crippen LogP contribution in [0.25, 0.3) is 0 Å². The average Bonchev–Trinajstić information content (AvgIpc) is 2.65. The lowest BCUT2D eigenvalue weighted by Gasteiger charge is -2.34. The first-order valence-corrected chi connectivity index (χ1v) is 10.1. The second kappa shape index (κ2) is 10.5. The van der Waals surface area contributed by atoms with Gasteiger partial charge in [-0.05, 0) is 13.3 Å². The number of alkyl halides is 3. The van der Waals surface area contributed by atoms with Crippen LogP contribution in [0.4, 0.5) is 13.2 Å². The van der Waals surface area contributed by atoms with E-state index in [-0.39, 0.29) is 0 Å². The molecule has 0 bridgehead atoms. The maximum Gasteiger partial charge on any atom is 0.412 e. The number of cyclic esters (lactones) is 1. The molecule has 31 heavy (non-hydrogen) atoms. The number of esters is 1. The largest absolute Gasteiger partial charge is 0.454 e. The van der Waals surface area contributed by atoms with Crippen LogP contribution >= 0.6 is 0 Å². The highest BCUT2D eigenvalue weighted by Crippen LogP contribution is 2.33. The number of aliphatic hydroxyl groups is 2. The van der Waals surface area contributed by atoms with Crippen molar-refractivity contribution in [2.45, 2.75) is 78.4 Å². The Bertz CT molecular complexity index is 738. The predicted octanol–water partition coefficient (Wildman–Crippen LogP) is 3.31. The molecule has 0 fully saturated rings. The highest BCUT2D eigenvalue weighted by Gasteiger charge is 2.42. The first kappa shape index (κ1) is 27.0. The SMILES string of the molecule is CC(=O)[C@@H]1C/C=C(/C(F)(F)F)C/C=C/[C@H](C)[C@H](O)[C@@H](C)C(=O)C(C)(C)[C@@H](O)CC(=O)O1. The lowest BCUT2D eigenvalue weighted by molar-refractivity contribution is -0.159. The van der Waals surface area contributed by atoms with Crippen molar-refractivity contribution in [1.82, 2.24) is 0 Å². The zero-order valence-corrected chi connectivity index (χ0v) is 18.4. The molecule has 0 saturated heterocycles. The third-order valence-corrected chi connectivity index (χ3v) is 5.74. The summed E-state index contributed by atoms with van der Waals surface area (Å²) in [6.07, 6.45) is -6.94. The van der Waals surface area contributed by atoms with Gasteiger partial charge in [0.2, 0.25) is 0 Å². The number of ketones is 2. The van der Waals surface area contributed by atoms with E-state index in [2.05, 4.69) is 0 Å². The van der Waals surface area contributed by atoms with Crippen molar-refractivity contribution in [1.29, 1.82) is 0 Å².